The van der Waals surface area contributed by atoms with Crippen LogP contribution in [0.3, 0.4) is 0 Å². The molecule has 0 unspecified atom stereocenters. The molecule has 0 aromatic heterocycles. The van der Waals surface area contributed by atoms with Crippen molar-refractivity contribution >= 4 is 11.6 Å². The largest absolute Gasteiger partial charge is 0.417 e. The van der Waals surface area contributed by atoms with Crippen LogP contribution in [0.25, 0.3) is 11.6 Å². The van der Waals surface area contributed by atoms with Gasteiger partial charge in [0, 0.05) is 0 Å². The average molecular weight is 210 g/mol. The van der Waals surface area contributed by atoms with Gasteiger partial charge in [0.1, 0.15) is 0 Å². The standard InChI is InChI=1S/C12H9F3/c1-2-8-3-6-10(9-4-5-9)11(7-8)12(13,14)15/h2-4,6-7H,1,5H2. The topological polar surface area (TPSA) is 0 Å². The average Bonchev–Trinajstić information content (AvgIpc) is 2.99. The molecule has 0 saturated heterocycles. The van der Waals surface area contributed by atoms with Gasteiger partial charge in [-0.2, -0.15) is 13.2 Å². The monoisotopic (exact) mass is 210 g/mol. The van der Waals surface area contributed by atoms with Crippen molar-refractivity contribution in [1.29, 1.82) is 0 Å². The Balaban J connectivity index is 2.55. The molecule has 0 saturated carbocycles. The summed E-state index contributed by atoms with van der Waals surface area (Å²) in [5.41, 5.74) is 1.00. The van der Waals surface area contributed by atoms with Gasteiger partial charge in [0.05, 0.1) is 5.56 Å². The van der Waals surface area contributed by atoms with Gasteiger partial charge < -0.3 is 0 Å². The van der Waals surface area contributed by atoms with Crippen molar-refractivity contribution in [2.24, 2.45) is 0 Å². The summed E-state index contributed by atoms with van der Waals surface area (Å²) < 4.78 is 38.1. The summed E-state index contributed by atoms with van der Waals surface area (Å²) in [6.07, 6.45) is -0.424. The van der Waals surface area contributed by atoms with Crippen molar-refractivity contribution in [3.63, 3.8) is 0 Å². The highest BCUT2D eigenvalue weighted by Crippen LogP contribution is 2.40. The Morgan fingerprint density at radius 3 is 2.40 bits per heavy atom. The molecular weight excluding hydrogens is 201 g/mol. The summed E-state index contributed by atoms with van der Waals surface area (Å²) in [5.74, 6) is 0. The van der Waals surface area contributed by atoms with Crippen LogP contribution in [0.2, 0.25) is 0 Å². The van der Waals surface area contributed by atoms with E-state index < -0.39 is 11.7 Å². The predicted molar refractivity (Wildman–Crippen MR) is 54.1 cm³/mol. The molecule has 3 heteroatoms. The smallest absolute Gasteiger partial charge is 0.166 e. The number of hydrogen-bond acceptors (Lipinski definition) is 0. The van der Waals surface area contributed by atoms with E-state index in [1.54, 1.807) is 12.1 Å². The minimum absolute atomic E-state index is 0.299. The highest BCUT2D eigenvalue weighted by molar-refractivity contribution is 5.80. The Bertz CT molecular complexity index is 439. The lowest BCUT2D eigenvalue weighted by atomic mass is 10.0. The van der Waals surface area contributed by atoms with Crippen LogP contribution in [0.5, 0.6) is 0 Å². The lowest BCUT2D eigenvalue weighted by Crippen LogP contribution is -2.08. The first-order valence-corrected chi connectivity index (χ1v) is 4.55. The van der Waals surface area contributed by atoms with Crippen molar-refractivity contribution in [2.75, 3.05) is 0 Å². The number of alkyl halides is 3. The molecule has 78 valence electrons. The summed E-state index contributed by atoms with van der Waals surface area (Å²) in [6, 6.07) is 4.30. The molecule has 1 aliphatic rings. The first-order chi connectivity index (χ1) is 7.02. The summed E-state index contributed by atoms with van der Waals surface area (Å²) in [6.45, 7) is 3.46. The number of rotatable bonds is 2. The third-order valence-corrected chi connectivity index (χ3v) is 2.34. The van der Waals surface area contributed by atoms with Gasteiger partial charge in [0.15, 0.2) is 0 Å². The van der Waals surface area contributed by atoms with Gasteiger partial charge in [-0.15, -0.1) is 0 Å². The Hall–Kier alpha value is -1.51. The number of hydrogen-bond donors (Lipinski definition) is 0. The van der Waals surface area contributed by atoms with E-state index in [-0.39, 0.29) is 0 Å². The Labute approximate surface area is 85.7 Å². The van der Waals surface area contributed by atoms with E-state index in [1.165, 1.54) is 12.1 Å². The van der Waals surface area contributed by atoms with Crippen LogP contribution >= 0.6 is 0 Å². The zero-order valence-electron chi connectivity index (χ0n) is 7.93. The molecular formula is C12H9F3. The van der Waals surface area contributed by atoms with Gasteiger partial charge in [-0.3, -0.25) is 0 Å². The first kappa shape index (κ1) is 10.0. The van der Waals surface area contributed by atoms with Crippen molar-refractivity contribution in [2.45, 2.75) is 12.6 Å². The molecule has 0 heterocycles. The fraction of sp³-hybridized carbons (Fsp3) is 0.167. The van der Waals surface area contributed by atoms with Crippen LogP contribution < -0.4 is 0 Å². The van der Waals surface area contributed by atoms with Crippen molar-refractivity contribution < 1.29 is 13.2 Å². The molecule has 0 amide bonds. The minimum atomic E-state index is -4.29. The molecule has 1 aromatic rings. The molecule has 0 N–H and O–H groups in total. The van der Waals surface area contributed by atoms with Gasteiger partial charge in [0.2, 0.25) is 0 Å². The Morgan fingerprint density at radius 1 is 1.27 bits per heavy atom. The zero-order valence-corrected chi connectivity index (χ0v) is 7.93. The lowest BCUT2D eigenvalue weighted by molar-refractivity contribution is -0.137. The third-order valence-electron chi connectivity index (χ3n) is 2.34. The van der Waals surface area contributed by atoms with Gasteiger partial charge >= 0.3 is 6.18 Å². The van der Waals surface area contributed by atoms with Gasteiger partial charge in [-0.1, -0.05) is 30.9 Å². The van der Waals surface area contributed by atoms with Crippen LogP contribution in [-0.4, -0.2) is 0 Å². The van der Waals surface area contributed by atoms with Crippen molar-refractivity contribution in [3.05, 3.63) is 47.5 Å². The quantitative estimate of drug-likeness (QED) is 0.688. The Kier molecular flexibility index (Phi) is 2.18. The van der Waals surface area contributed by atoms with E-state index in [9.17, 15) is 13.2 Å². The van der Waals surface area contributed by atoms with E-state index >= 15 is 0 Å². The maximum absolute atomic E-state index is 12.7. The SMILES string of the molecule is C=Cc1ccc(C2=CC2)c(C(F)(F)F)c1. The molecule has 0 nitrogen and oxygen atoms in total. The predicted octanol–water partition coefficient (Wildman–Crippen LogP) is 4.14. The van der Waals surface area contributed by atoms with E-state index in [0.29, 0.717) is 17.5 Å². The maximum atomic E-state index is 12.7. The van der Waals surface area contributed by atoms with E-state index in [2.05, 4.69) is 6.58 Å². The van der Waals surface area contributed by atoms with Crippen LogP contribution in [0.4, 0.5) is 13.2 Å². The summed E-state index contributed by atoms with van der Waals surface area (Å²) >= 11 is 0. The van der Waals surface area contributed by atoms with Crippen LogP contribution in [0, 0.1) is 0 Å². The van der Waals surface area contributed by atoms with Crippen LogP contribution in [0.15, 0.2) is 30.9 Å². The van der Waals surface area contributed by atoms with Crippen molar-refractivity contribution in [3.8, 4) is 0 Å². The van der Waals surface area contributed by atoms with Gasteiger partial charge in [-0.05, 0) is 29.2 Å². The summed E-state index contributed by atoms with van der Waals surface area (Å²) in [7, 11) is 0. The number of allylic oxidation sites excluding steroid dienone is 2. The van der Waals surface area contributed by atoms with E-state index in [1.807, 2.05) is 0 Å². The maximum Gasteiger partial charge on any atom is 0.417 e. The van der Waals surface area contributed by atoms with Gasteiger partial charge in [-0.25, -0.2) is 0 Å². The molecule has 2 rings (SSSR count). The molecule has 0 spiro atoms. The fourth-order valence-corrected chi connectivity index (χ4v) is 1.47. The molecule has 0 radical (unpaired) electrons. The summed E-state index contributed by atoms with van der Waals surface area (Å²) in [4.78, 5) is 0. The molecule has 0 fully saturated rings. The molecule has 1 aromatic carbocycles. The van der Waals surface area contributed by atoms with Crippen LogP contribution in [0.1, 0.15) is 23.1 Å². The minimum Gasteiger partial charge on any atom is -0.166 e. The molecule has 1 aliphatic carbocycles. The Morgan fingerprint density at radius 2 is 1.93 bits per heavy atom. The zero-order chi connectivity index (χ0) is 11.1. The van der Waals surface area contributed by atoms with E-state index in [4.69, 9.17) is 0 Å². The number of benzene rings is 1. The second-order valence-corrected chi connectivity index (χ2v) is 3.44. The first-order valence-electron chi connectivity index (χ1n) is 4.55. The number of halogens is 3. The third kappa shape index (κ3) is 1.96. The van der Waals surface area contributed by atoms with E-state index in [0.717, 1.165) is 11.6 Å². The molecule has 15 heavy (non-hydrogen) atoms. The highest BCUT2D eigenvalue weighted by atomic mass is 19.4. The summed E-state index contributed by atoms with van der Waals surface area (Å²) in [5, 5.41) is 0. The second kappa shape index (κ2) is 3.26. The fourth-order valence-electron chi connectivity index (χ4n) is 1.47. The molecule has 0 bridgehead atoms. The normalized spacial score (nSPS) is 14.7. The second-order valence-electron chi connectivity index (χ2n) is 3.44. The van der Waals surface area contributed by atoms with Crippen molar-refractivity contribution in [1.82, 2.24) is 0 Å². The van der Waals surface area contributed by atoms with Crippen LogP contribution in [-0.2, 0) is 6.18 Å². The van der Waals surface area contributed by atoms with Gasteiger partial charge in [0.25, 0.3) is 0 Å². The highest BCUT2D eigenvalue weighted by Gasteiger charge is 2.35. The molecule has 0 atom stereocenters. The lowest BCUT2D eigenvalue weighted by Gasteiger charge is -2.11. The molecule has 0 aliphatic heterocycles.